The van der Waals surface area contributed by atoms with Crippen molar-refractivity contribution in [1.82, 2.24) is 5.32 Å². The van der Waals surface area contributed by atoms with E-state index in [-0.39, 0.29) is 30.6 Å². The average Bonchev–Trinajstić information content (AvgIpc) is 2.72. The number of hydrogen-bond acceptors (Lipinski definition) is 6. The Kier molecular flexibility index (Phi) is 5.44. The van der Waals surface area contributed by atoms with Crippen molar-refractivity contribution in [2.24, 2.45) is 0 Å². The highest BCUT2D eigenvalue weighted by Gasteiger charge is 2.31. The molecular weight excluding hydrogens is 364 g/mol. The zero-order valence-electron chi connectivity index (χ0n) is 15.5. The molecule has 2 aromatic rings. The monoisotopic (exact) mass is 384 g/mol. The number of nitrogens with zero attached hydrogens (tertiary/aromatic N) is 3. The van der Waals surface area contributed by atoms with Crippen molar-refractivity contribution >= 4 is 28.9 Å². The van der Waals surface area contributed by atoms with Crippen LogP contribution in [0.5, 0.6) is 5.75 Å². The minimum Gasteiger partial charge on any atom is -0.477 e. The Hall–Kier alpha value is -3.62. The summed E-state index contributed by atoms with van der Waals surface area (Å²) in [5, 5.41) is 13.3. The lowest BCUT2D eigenvalue weighted by molar-refractivity contribution is -0.384. The standard InChI is InChI=1S/C19H20N4O5/c1-20-19(25)17-11-22(15-5-3-4-6-16(15)28-17)12-18(24)21(2)13-7-9-14(10-8-13)23(26)27/h3-10,17H,11-12H2,1-2H3,(H,20,25). The van der Waals surface area contributed by atoms with Gasteiger partial charge in [0.05, 0.1) is 23.7 Å². The summed E-state index contributed by atoms with van der Waals surface area (Å²) in [5.74, 6) is 0.0463. The summed E-state index contributed by atoms with van der Waals surface area (Å²) in [4.78, 5) is 38.3. The highest BCUT2D eigenvalue weighted by atomic mass is 16.6. The fraction of sp³-hybridized carbons (Fsp3) is 0.263. The summed E-state index contributed by atoms with van der Waals surface area (Å²) < 4.78 is 5.73. The third-order valence-electron chi connectivity index (χ3n) is 4.55. The first-order valence-electron chi connectivity index (χ1n) is 8.64. The molecule has 3 rings (SSSR count). The number of ether oxygens (including phenoxy) is 1. The summed E-state index contributed by atoms with van der Waals surface area (Å²) >= 11 is 0. The number of nitro groups is 1. The van der Waals surface area contributed by atoms with Gasteiger partial charge in [-0.25, -0.2) is 0 Å². The van der Waals surface area contributed by atoms with Crippen LogP contribution < -0.4 is 19.9 Å². The minimum absolute atomic E-state index is 0.0291. The predicted octanol–water partition coefficient (Wildman–Crippen LogP) is 1.57. The quantitative estimate of drug-likeness (QED) is 0.620. The highest BCUT2D eigenvalue weighted by molar-refractivity contribution is 5.96. The molecule has 1 unspecified atom stereocenters. The van der Waals surface area contributed by atoms with E-state index in [1.807, 2.05) is 12.1 Å². The normalized spacial score (nSPS) is 15.2. The number of likely N-dealkylation sites (N-methyl/N-ethyl adjacent to an activating group) is 2. The van der Waals surface area contributed by atoms with Crippen LogP contribution in [0.2, 0.25) is 0 Å². The molecule has 0 bridgehead atoms. The molecule has 1 heterocycles. The maximum atomic E-state index is 12.8. The number of anilines is 2. The molecule has 0 fully saturated rings. The maximum Gasteiger partial charge on any atom is 0.269 e. The van der Waals surface area contributed by atoms with Crippen LogP contribution in [0, 0.1) is 10.1 Å². The van der Waals surface area contributed by atoms with Gasteiger partial charge in [0.15, 0.2) is 6.10 Å². The molecule has 1 atom stereocenters. The summed E-state index contributed by atoms with van der Waals surface area (Å²) in [6, 6.07) is 13.0. The number of nitro benzene ring substituents is 1. The number of benzene rings is 2. The fourth-order valence-corrected chi connectivity index (χ4v) is 2.97. The maximum absolute atomic E-state index is 12.8. The van der Waals surface area contributed by atoms with Gasteiger partial charge >= 0.3 is 0 Å². The van der Waals surface area contributed by atoms with Gasteiger partial charge in [-0.15, -0.1) is 0 Å². The zero-order chi connectivity index (χ0) is 20.3. The summed E-state index contributed by atoms with van der Waals surface area (Å²) in [6.07, 6.45) is -0.725. The average molecular weight is 384 g/mol. The minimum atomic E-state index is -0.725. The lowest BCUT2D eigenvalue weighted by Gasteiger charge is -2.35. The number of para-hydroxylation sites is 2. The molecule has 9 heteroatoms. The zero-order valence-corrected chi connectivity index (χ0v) is 15.5. The largest absolute Gasteiger partial charge is 0.477 e. The Morgan fingerprint density at radius 1 is 1.25 bits per heavy atom. The van der Waals surface area contributed by atoms with Gasteiger partial charge in [-0.2, -0.15) is 0 Å². The molecule has 2 amide bonds. The molecule has 1 aliphatic heterocycles. The van der Waals surface area contributed by atoms with Crippen molar-refractivity contribution in [2.75, 3.05) is 37.0 Å². The smallest absolute Gasteiger partial charge is 0.269 e. The third kappa shape index (κ3) is 3.88. The number of carbonyl (C=O) groups is 2. The van der Waals surface area contributed by atoms with E-state index in [4.69, 9.17) is 4.74 Å². The SMILES string of the molecule is CNC(=O)C1CN(CC(=O)N(C)c2ccc([N+](=O)[O-])cc2)c2ccccc2O1. The van der Waals surface area contributed by atoms with E-state index in [0.717, 1.165) is 5.69 Å². The molecule has 1 N–H and O–H groups in total. The van der Waals surface area contributed by atoms with Crippen LogP contribution in [0.25, 0.3) is 0 Å². The van der Waals surface area contributed by atoms with Crippen LogP contribution in [0.1, 0.15) is 0 Å². The van der Waals surface area contributed by atoms with Crippen molar-refractivity contribution in [3.8, 4) is 5.75 Å². The highest BCUT2D eigenvalue weighted by Crippen LogP contribution is 2.33. The lowest BCUT2D eigenvalue weighted by atomic mass is 10.1. The van der Waals surface area contributed by atoms with E-state index in [1.165, 1.54) is 36.2 Å². The van der Waals surface area contributed by atoms with Crippen LogP contribution in [-0.2, 0) is 9.59 Å². The van der Waals surface area contributed by atoms with E-state index >= 15 is 0 Å². The van der Waals surface area contributed by atoms with Crippen molar-refractivity contribution in [2.45, 2.75) is 6.10 Å². The number of carbonyl (C=O) groups excluding carboxylic acids is 2. The van der Waals surface area contributed by atoms with Crippen LogP contribution in [0.3, 0.4) is 0 Å². The Bertz CT molecular complexity index is 899. The topological polar surface area (TPSA) is 105 Å². The van der Waals surface area contributed by atoms with Crippen molar-refractivity contribution < 1.29 is 19.2 Å². The van der Waals surface area contributed by atoms with Gasteiger partial charge < -0.3 is 19.9 Å². The number of hydrogen-bond donors (Lipinski definition) is 1. The van der Waals surface area contributed by atoms with Gasteiger partial charge in [0.25, 0.3) is 11.6 Å². The van der Waals surface area contributed by atoms with Gasteiger partial charge in [0, 0.05) is 31.9 Å². The number of nitrogens with one attached hydrogen (secondary N) is 1. The molecule has 9 nitrogen and oxygen atoms in total. The molecule has 28 heavy (non-hydrogen) atoms. The molecule has 0 radical (unpaired) electrons. The Morgan fingerprint density at radius 3 is 2.57 bits per heavy atom. The third-order valence-corrected chi connectivity index (χ3v) is 4.55. The fourth-order valence-electron chi connectivity index (χ4n) is 2.97. The Morgan fingerprint density at radius 2 is 1.93 bits per heavy atom. The summed E-state index contributed by atoms with van der Waals surface area (Å²) in [5.41, 5.74) is 1.23. The van der Waals surface area contributed by atoms with Crippen LogP contribution >= 0.6 is 0 Å². The summed E-state index contributed by atoms with van der Waals surface area (Å²) in [7, 11) is 3.14. The van der Waals surface area contributed by atoms with E-state index < -0.39 is 11.0 Å². The van der Waals surface area contributed by atoms with Gasteiger partial charge in [-0.05, 0) is 24.3 Å². The molecule has 1 aliphatic rings. The second-order valence-corrected chi connectivity index (χ2v) is 6.30. The Labute approximate surface area is 161 Å². The molecule has 0 aromatic heterocycles. The van der Waals surface area contributed by atoms with E-state index in [1.54, 1.807) is 24.1 Å². The van der Waals surface area contributed by atoms with Gasteiger partial charge in [0.1, 0.15) is 5.75 Å². The summed E-state index contributed by atoms with van der Waals surface area (Å²) in [6.45, 7) is 0.262. The van der Waals surface area contributed by atoms with Crippen molar-refractivity contribution in [1.29, 1.82) is 0 Å². The van der Waals surface area contributed by atoms with Gasteiger partial charge in [0.2, 0.25) is 5.91 Å². The van der Waals surface area contributed by atoms with E-state index in [2.05, 4.69) is 5.32 Å². The molecule has 2 aromatic carbocycles. The van der Waals surface area contributed by atoms with Gasteiger partial charge in [-0.3, -0.25) is 19.7 Å². The number of amides is 2. The first-order chi connectivity index (χ1) is 13.4. The predicted molar refractivity (Wildman–Crippen MR) is 104 cm³/mol. The van der Waals surface area contributed by atoms with Gasteiger partial charge in [-0.1, -0.05) is 12.1 Å². The first-order valence-corrected chi connectivity index (χ1v) is 8.64. The van der Waals surface area contributed by atoms with E-state index in [9.17, 15) is 19.7 Å². The lowest BCUT2D eigenvalue weighted by Crippen LogP contribution is -2.50. The second-order valence-electron chi connectivity index (χ2n) is 6.30. The molecule has 146 valence electrons. The van der Waals surface area contributed by atoms with Crippen LogP contribution in [0.4, 0.5) is 17.1 Å². The molecular formula is C19H20N4O5. The molecule has 0 saturated heterocycles. The number of rotatable bonds is 5. The number of non-ortho nitro benzene ring substituents is 1. The van der Waals surface area contributed by atoms with Crippen LogP contribution in [-0.4, -0.2) is 50.0 Å². The van der Waals surface area contributed by atoms with Crippen molar-refractivity contribution in [3.63, 3.8) is 0 Å². The second kappa shape index (κ2) is 7.95. The van der Waals surface area contributed by atoms with Crippen molar-refractivity contribution in [3.05, 3.63) is 58.6 Å². The van der Waals surface area contributed by atoms with E-state index in [0.29, 0.717) is 11.4 Å². The molecule has 0 aliphatic carbocycles. The van der Waals surface area contributed by atoms with Crippen LogP contribution in [0.15, 0.2) is 48.5 Å². The first kappa shape index (κ1) is 19.2. The Balaban J connectivity index is 1.78. The molecule has 0 saturated carbocycles. The number of fused-ring (bicyclic) bond motifs is 1. The molecule has 0 spiro atoms.